The summed E-state index contributed by atoms with van der Waals surface area (Å²) < 4.78 is 20.5. The lowest BCUT2D eigenvalue weighted by molar-refractivity contribution is 0.0950. The number of aromatic nitrogens is 8. The second-order valence-electron chi connectivity index (χ2n) is 13.5. The first-order valence-electron chi connectivity index (χ1n) is 18.1. The minimum atomic E-state index is -0.246. The highest BCUT2D eigenvalue weighted by molar-refractivity contribution is 5.97. The van der Waals surface area contributed by atoms with Gasteiger partial charge in [-0.15, -0.1) is 5.10 Å². The molecule has 5 heterocycles. The fraction of sp³-hybridized carbons (Fsp3) is 0.268. The maximum Gasteiger partial charge on any atom is 0.318 e. The molecular weight excluding hydrogens is 697 g/mol. The summed E-state index contributed by atoms with van der Waals surface area (Å²) in [6.07, 6.45) is 7.27. The average molecular weight is 739 g/mol. The second-order valence-corrected chi connectivity index (χ2v) is 13.5. The average Bonchev–Trinajstić information content (AvgIpc) is 4.03. The molecule has 1 aliphatic heterocycles. The lowest BCUT2D eigenvalue weighted by atomic mass is 9.89. The number of carbonyl (C=O) groups is 1. The van der Waals surface area contributed by atoms with Gasteiger partial charge in [0.2, 0.25) is 0 Å². The van der Waals surface area contributed by atoms with Crippen LogP contribution in [0, 0.1) is 6.92 Å². The molecule has 55 heavy (non-hydrogen) atoms. The zero-order valence-corrected chi connectivity index (χ0v) is 31.4. The second kappa shape index (κ2) is 15.0. The smallest absolute Gasteiger partial charge is 0.318 e. The number of anilines is 2. The molecule has 14 nitrogen and oxygen atoms in total. The van der Waals surface area contributed by atoms with Crippen molar-refractivity contribution in [3.8, 4) is 28.8 Å². The van der Waals surface area contributed by atoms with Crippen LogP contribution in [0.5, 0.6) is 17.5 Å². The first kappa shape index (κ1) is 35.3. The molecule has 8 rings (SSSR count). The summed E-state index contributed by atoms with van der Waals surface area (Å²) in [6.45, 7) is 3.39. The minimum absolute atomic E-state index is 0.182. The van der Waals surface area contributed by atoms with Gasteiger partial charge in [0, 0.05) is 66.2 Å². The molecule has 0 aliphatic carbocycles. The van der Waals surface area contributed by atoms with Gasteiger partial charge in [-0.1, -0.05) is 41.6 Å². The van der Waals surface area contributed by atoms with Crippen LogP contribution >= 0.6 is 0 Å². The number of H-pyrrole nitrogens is 1. The van der Waals surface area contributed by atoms with Crippen LogP contribution in [0.15, 0.2) is 85.3 Å². The van der Waals surface area contributed by atoms with E-state index in [4.69, 9.17) is 19.3 Å². The fourth-order valence-electron chi connectivity index (χ4n) is 7.50. The van der Waals surface area contributed by atoms with Crippen molar-refractivity contribution in [1.82, 2.24) is 45.0 Å². The van der Waals surface area contributed by atoms with E-state index < -0.39 is 0 Å². The zero-order valence-electron chi connectivity index (χ0n) is 31.4. The van der Waals surface area contributed by atoms with Crippen molar-refractivity contribution in [3.05, 3.63) is 119 Å². The number of hydrogen-bond acceptors (Lipinski definition) is 10. The van der Waals surface area contributed by atoms with E-state index in [1.807, 2.05) is 90.5 Å². The van der Waals surface area contributed by atoms with Gasteiger partial charge in [0.05, 0.1) is 51.0 Å². The van der Waals surface area contributed by atoms with Crippen molar-refractivity contribution in [2.75, 3.05) is 39.8 Å². The first-order chi connectivity index (χ1) is 26.9. The molecule has 0 bridgehead atoms. The third-order valence-electron chi connectivity index (χ3n) is 10.3. The number of amides is 1. The number of ether oxygens (including phenoxy) is 3. The predicted molar refractivity (Wildman–Crippen MR) is 209 cm³/mol. The van der Waals surface area contributed by atoms with Crippen molar-refractivity contribution in [2.24, 2.45) is 0 Å². The van der Waals surface area contributed by atoms with Crippen molar-refractivity contribution >= 4 is 28.3 Å². The summed E-state index contributed by atoms with van der Waals surface area (Å²) in [6, 6.07) is 22.3. The van der Waals surface area contributed by atoms with Gasteiger partial charge in [-0.3, -0.25) is 9.48 Å². The number of methoxy groups -OCH3 is 3. The molecule has 3 aromatic carbocycles. The number of nitrogens with zero attached hydrogens (tertiary/aromatic N) is 8. The monoisotopic (exact) mass is 738 g/mol. The Hall–Kier alpha value is -6.70. The summed E-state index contributed by atoms with van der Waals surface area (Å²) in [7, 11) is 6.75. The number of aromatic amines is 1. The summed E-state index contributed by atoms with van der Waals surface area (Å²) in [5, 5.41) is 18.3. The first-order valence-corrected chi connectivity index (χ1v) is 18.1. The number of benzene rings is 3. The summed E-state index contributed by atoms with van der Waals surface area (Å²) in [4.78, 5) is 28.3. The van der Waals surface area contributed by atoms with Gasteiger partial charge in [0.15, 0.2) is 11.5 Å². The number of para-hydroxylation sites is 2. The van der Waals surface area contributed by atoms with E-state index in [-0.39, 0.29) is 18.4 Å². The molecule has 0 fully saturated rings. The maximum absolute atomic E-state index is 14.4. The Morgan fingerprint density at radius 3 is 2.73 bits per heavy atom. The Labute approximate surface area is 318 Å². The maximum atomic E-state index is 14.4. The number of rotatable bonds is 13. The van der Waals surface area contributed by atoms with Gasteiger partial charge in [0.1, 0.15) is 11.5 Å². The van der Waals surface area contributed by atoms with Crippen molar-refractivity contribution in [1.29, 1.82) is 0 Å². The third-order valence-corrected chi connectivity index (χ3v) is 10.3. The van der Waals surface area contributed by atoms with Crippen LogP contribution in [0.25, 0.3) is 22.2 Å². The molecule has 1 unspecified atom stereocenters. The normalized spacial score (nSPS) is 12.7. The van der Waals surface area contributed by atoms with Crippen LogP contribution < -0.4 is 24.4 Å². The highest BCUT2D eigenvalue weighted by atomic mass is 16.5. The van der Waals surface area contributed by atoms with Crippen molar-refractivity contribution in [2.45, 2.75) is 38.8 Å². The highest BCUT2D eigenvalue weighted by Crippen LogP contribution is 2.40. The summed E-state index contributed by atoms with van der Waals surface area (Å²) >= 11 is 0. The Kier molecular flexibility index (Phi) is 9.62. The molecule has 2 N–H and O–H groups in total. The molecule has 1 aliphatic rings. The van der Waals surface area contributed by atoms with E-state index in [2.05, 4.69) is 42.7 Å². The molecule has 0 saturated heterocycles. The molecule has 14 heteroatoms. The van der Waals surface area contributed by atoms with E-state index in [0.29, 0.717) is 46.8 Å². The molecule has 7 aromatic rings. The number of carbonyl (C=O) groups excluding carboxylic acids is 1. The minimum Gasteiger partial charge on any atom is -0.493 e. The third kappa shape index (κ3) is 6.71. The molecule has 4 aromatic heterocycles. The quantitative estimate of drug-likeness (QED) is 0.143. The van der Waals surface area contributed by atoms with E-state index in [0.717, 1.165) is 63.9 Å². The van der Waals surface area contributed by atoms with E-state index >= 15 is 0 Å². The topological polar surface area (TPSA) is 150 Å². The lowest BCUT2D eigenvalue weighted by Crippen LogP contribution is -2.30. The van der Waals surface area contributed by atoms with E-state index in [1.54, 1.807) is 32.2 Å². The van der Waals surface area contributed by atoms with Gasteiger partial charge < -0.3 is 29.4 Å². The van der Waals surface area contributed by atoms with Crippen LogP contribution in [0.3, 0.4) is 0 Å². The Bertz CT molecular complexity index is 2500. The zero-order chi connectivity index (χ0) is 38.1. The van der Waals surface area contributed by atoms with Crippen molar-refractivity contribution < 1.29 is 19.0 Å². The van der Waals surface area contributed by atoms with Crippen molar-refractivity contribution in [3.63, 3.8) is 0 Å². The summed E-state index contributed by atoms with van der Waals surface area (Å²) in [5.41, 5.74) is 8.73. The van der Waals surface area contributed by atoms with E-state index in [9.17, 15) is 4.79 Å². The molecule has 1 amide bonds. The molecule has 0 radical (unpaired) electrons. The number of aryl methyl sites for hydroxylation is 2. The van der Waals surface area contributed by atoms with Gasteiger partial charge in [-0.25, -0.2) is 9.67 Å². The molecule has 280 valence electrons. The Balaban J connectivity index is 1.07. The largest absolute Gasteiger partial charge is 0.493 e. The van der Waals surface area contributed by atoms with E-state index in [1.165, 1.54) is 0 Å². The standard InChI is InChI=1S/C41H42N10O4/c1-25-15-16-26(49(2)37-17-18-42-41(45-37)55-5)20-29(25)33-23-50(48-46-33)24-34-38(35-13-9-19-51(35)47-34)40(52)44-22-31(28-11-8-14-36(53-3)39(28)54-4)30-21-43-32-12-7-6-10-27(30)32/h6-8,10-12,14-18,20-21,23,31,43H,9,13,19,22,24H2,1-5H3,(H,44,52). The van der Waals surface area contributed by atoms with Crippen LogP contribution in [0.2, 0.25) is 0 Å². The van der Waals surface area contributed by atoms with Gasteiger partial charge in [0.25, 0.3) is 5.91 Å². The van der Waals surface area contributed by atoms with Gasteiger partial charge >= 0.3 is 6.01 Å². The van der Waals surface area contributed by atoms with Crippen LogP contribution in [-0.4, -0.2) is 80.6 Å². The van der Waals surface area contributed by atoms with Crippen LogP contribution in [0.4, 0.5) is 11.5 Å². The highest BCUT2D eigenvalue weighted by Gasteiger charge is 2.29. The van der Waals surface area contributed by atoms with Crippen LogP contribution in [-0.2, 0) is 19.5 Å². The van der Waals surface area contributed by atoms with Crippen LogP contribution in [0.1, 0.15) is 50.8 Å². The SMILES string of the molecule is COc1nccc(N(C)c2ccc(C)c(-c3cn(Cc4nn5c(c4C(=O)NCC(c4cccc(OC)c4OC)c4c[nH]c6ccccc46)CCC5)nn3)c2)n1. The Morgan fingerprint density at radius 1 is 1.02 bits per heavy atom. The molecule has 0 saturated carbocycles. The Morgan fingerprint density at radius 2 is 1.89 bits per heavy atom. The molecule has 1 atom stereocenters. The van der Waals surface area contributed by atoms with Gasteiger partial charge in [-0.2, -0.15) is 10.1 Å². The number of nitrogens with one attached hydrogen (secondary N) is 2. The number of fused-ring (bicyclic) bond motifs is 2. The summed E-state index contributed by atoms with van der Waals surface area (Å²) in [5.74, 6) is 1.52. The van der Waals surface area contributed by atoms with Gasteiger partial charge in [-0.05, 0) is 61.2 Å². The molecule has 0 spiro atoms. The molecular formula is C41H42N10O4. The number of hydrogen-bond donors (Lipinski definition) is 2. The lowest BCUT2D eigenvalue weighted by Gasteiger charge is -2.22. The predicted octanol–water partition coefficient (Wildman–Crippen LogP) is 6.07. The fourth-order valence-corrected chi connectivity index (χ4v) is 7.50.